The van der Waals surface area contributed by atoms with E-state index in [0.717, 1.165) is 24.1 Å². The van der Waals surface area contributed by atoms with Crippen LogP contribution in [0.2, 0.25) is 5.02 Å². The van der Waals surface area contributed by atoms with Crippen molar-refractivity contribution >= 4 is 23.6 Å². The lowest BCUT2D eigenvalue weighted by molar-refractivity contribution is -0.196. The number of pyridine rings is 1. The van der Waals surface area contributed by atoms with Crippen LogP contribution in [0.25, 0.3) is 6.08 Å². The van der Waals surface area contributed by atoms with Crippen LogP contribution in [0.3, 0.4) is 0 Å². The fourth-order valence-corrected chi connectivity index (χ4v) is 5.14. The summed E-state index contributed by atoms with van der Waals surface area (Å²) in [6, 6.07) is 1.80. The van der Waals surface area contributed by atoms with Crippen molar-refractivity contribution in [1.29, 1.82) is 0 Å². The van der Waals surface area contributed by atoms with Crippen molar-refractivity contribution in [3.63, 3.8) is 0 Å². The molecule has 122 valence electrons. The number of ether oxygens (including phenoxy) is 1. The molecule has 0 N–H and O–H groups in total. The minimum Gasteiger partial charge on any atom is -0.372 e. The molecule has 0 radical (unpaired) electrons. The maximum atomic E-state index is 13.0. The van der Waals surface area contributed by atoms with Crippen LogP contribution in [0.15, 0.2) is 18.3 Å². The van der Waals surface area contributed by atoms with Gasteiger partial charge in [0.25, 0.3) is 5.91 Å². The van der Waals surface area contributed by atoms with E-state index in [-0.39, 0.29) is 11.8 Å². The predicted molar refractivity (Wildman–Crippen MR) is 85.7 cm³/mol. The molecule has 1 aromatic rings. The summed E-state index contributed by atoms with van der Waals surface area (Å²) in [7, 11) is 4.83. The van der Waals surface area contributed by atoms with Crippen LogP contribution >= 0.6 is 11.6 Å². The number of hydroxylamine groups is 2. The van der Waals surface area contributed by atoms with Crippen molar-refractivity contribution in [2.24, 2.45) is 11.3 Å². The first kappa shape index (κ1) is 15.1. The van der Waals surface area contributed by atoms with E-state index in [1.807, 2.05) is 12.2 Å². The molecule has 1 amide bonds. The van der Waals surface area contributed by atoms with Gasteiger partial charge in [0.15, 0.2) is 0 Å². The second-order valence-electron chi connectivity index (χ2n) is 6.64. The van der Waals surface area contributed by atoms with Gasteiger partial charge in [0.05, 0.1) is 23.2 Å². The minimum atomic E-state index is -0.674. The Kier molecular flexibility index (Phi) is 3.15. The molecule has 2 atom stereocenters. The van der Waals surface area contributed by atoms with Crippen molar-refractivity contribution in [1.82, 2.24) is 10.0 Å². The predicted octanol–water partition coefficient (Wildman–Crippen LogP) is 2.66. The van der Waals surface area contributed by atoms with Crippen molar-refractivity contribution in [3.8, 4) is 0 Å². The Bertz CT molecular complexity index is 714. The number of methoxy groups -OCH3 is 1. The van der Waals surface area contributed by atoms with E-state index in [0.29, 0.717) is 10.9 Å². The SMILES string of the molecule is CON(C)C(=O)C12CC(C1)[C@H]1c3nccc(Cl)c3C=C[C@]12OC. The number of rotatable bonds is 3. The van der Waals surface area contributed by atoms with Gasteiger partial charge in [0, 0.05) is 31.8 Å². The number of hydrogen-bond acceptors (Lipinski definition) is 4. The third-order valence-electron chi connectivity index (χ3n) is 5.97. The Morgan fingerprint density at radius 1 is 1.43 bits per heavy atom. The third-order valence-corrected chi connectivity index (χ3v) is 6.30. The first-order valence-corrected chi connectivity index (χ1v) is 8.09. The van der Waals surface area contributed by atoms with Gasteiger partial charge in [-0.15, -0.1) is 0 Å². The summed E-state index contributed by atoms with van der Waals surface area (Å²) in [5, 5.41) is 2.00. The van der Waals surface area contributed by atoms with Crippen LogP contribution in [-0.4, -0.2) is 42.8 Å². The zero-order chi connectivity index (χ0) is 16.4. The number of hydrogen-bond donors (Lipinski definition) is 0. The second-order valence-corrected chi connectivity index (χ2v) is 7.04. The van der Waals surface area contributed by atoms with Gasteiger partial charge in [-0.3, -0.25) is 14.6 Å². The molecule has 0 saturated heterocycles. The highest BCUT2D eigenvalue weighted by atomic mass is 35.5. The number of carbonyl (C=O) groups is 1. The van der Waals surface area contributed by atoms with E-state index in [2.05, 4.69) is 4.98 Å². The van der Waals surface area contributed by atoms with E-state index in [1.54, 1.807) is 26.4 Å². The van der Waals surface area contributed by atoms with Crippen molar-refractivity contribution in [3.05, 3.63) is 34.6 Å². The Labute approximate surface area is 140 Å². The lowest BCUT2D eigenvalue weighted by Gasteiger charge is -2.46. The summed E-state index contributed by atoms with van der Waals surface area (Å²) in [5.41, 5.74) is 0.632. The first-order valence-electron chi connectivity index (χ1n) is 7.72. The number of amides is 1. The van der Waals surface area contributed by atoms with Crippen molar-refractivity contribution in [2.45, 2.75) is 24.4 Å². The van der Waals surface area contributed by atoms with Gasteiger partial charge in [0.1, 0.15) is 5.60 Å². The molecule has 23 heavy (non-hydrogen) atoms. The molecule has 1 heterocycles. The monoisotopic (exact) mass is 334 g/mol. The summed E-state index contributed by atoms with van der Waals surface area (Å²) in [6.45, 7) is 0. The highest BCUT2D eigenvalue weighted by Crippen LogP contribution is 2.73. The average molecular weight is 335 g/mol. The molecule has 3 fully saturated rings. The lowest BCUT2D eigenvalue weighted by Crippen LogP contribution is -2.56. The van der Waals surface area contributed by atoms with Gasteiger partial charge in [-0.25, -0.2) is 5.06 Å². The van der Waals surface area contributed by atoms with Gasteiger partial charge in [-0.05, 0) is 24.8 Å². The second kappa shape index (κ2) is 4.79. The molecular formula is C17H19ClN2O3. The first-order chi connectivity index (χ1) is 11.0. The molecule has 1 aromatic heterocycles. The van der Waals surface area contributed by atoms with Gasteiger partial charge < -0.3 is 4.74 Å². The maximum Gasteiger partial charge on any atom is 0.255 e. The van der Waals surface area contributed by atoms with Crippen molar-refractivity contribution in [2.75, 3.05) is 21.3 Å². The van der Waals surface area contributed by atoms with E-state index in [4.69, 9.17) is 21.2 Å². The number of aromatic nitrogens is 1. The highest BCUT2D eigenvalue weighted by Gasteiger charge is 2.76. The van der Waals surface area contributed by atoms with Crippen LogP contribution < -0.4 is 0 Å². The van der Waals surface area contributed by atoms with E-state index < -0.39 is 11.0 Å². The Balaban J connectivity index is 1.86. The molecular weight excluding hydrogens is 316 g/mol. The maximum absolute atomic E-state index is 13.0. The number of fused-ring (bicyclic) bond motifs is 1. The summed E-state index contributed by atoms with van der Waals surface area (Å²) in [5.74, 6) is 0.398. The zero-order valence-electron chi connectivity index (χ0n) is 13.4. The van der Waals surface area contributed by atoms with Crippen LogP contribution in [0.1, 0.15) is 30.0 Å². The van der Waals surface area contributed by atoms with Crippen LogP contribution in [0.4, 0.5) is 0 Å². The Morgan fingerprint density at radius 2 is 2.17 bits per heavy atom. The molecule has 0 aromatic carbocycles. The van der Waals surface area contributed by atoms with Crippen LogP contribution in [0, 0.1) is 11.3 Å². The van der Waals surface area contributed by atoms with Crippen LogP contribution in [-0.2, 0) is 14.4 Å². The molecule has 5 rings (SSSR count). The summed E-state index contributed by atoms with van der Waals surface area (Å²) in [4.78, 5) is 22.7. The molecule has 0 spiro atoms. The molecule has 2 bridgehead atoms. The Morgan fingerprint density at radius 3 is 2.83 bits per heavy atom. The zero-order valence-corrected chi connectivity index (χ0v) is 14.1. The molecule has 4 aliphatic carbocycles. The number of halogens is 1. The molecule has 5 nitrogen and oxygen atoms in total. The Hall–Kier alpha value is -1.43. The topological polar surface area (TPSA) is 51.7 Å². The molecule has 0 unspecified atom stereocenters. The van der Waals surface area contributed by atoms with Crippen LogP contribution in [0.5, 0.6) is 0 Å². The summed E-state index contributed by atoms with van der Waals surface area (Å²) < 4.78 is 6.00. The average Bonchev–Trinajstić information content (AvgIpc) is 2.99. The van der Waals surface area contributed by atoms with Crippen molar-refractivity contribution < 1.29 is 14.4 Å². The van der Waals surface area contributed by atoms with Gasteiger partial charge in [0.2, 0.25) is 0 Å². The molecule has 0 aliphatic heterocycles. The quantitative estimate of drug-likeness (QED) is 0.797. The van der Waals surface area contributed by atoms with Gasteiger partial charge in [-0.1, -0.05) is 23.8 Å². The summed E-state index contributed by atoms with van der Waals surface area (Å²) >= 11 is 6.33. The molecule has 4 aliphatic rings. The van der Waals surface area contributed by atoms with E-state index >= 15 is 0 Å². The lowest BCUT2D eigenvalue weighted by atomic mass is 9.64. The van der Waals surface area contributed by atoms with Gasteiger partial charge >= 0.3 is 0 Å². The standard InChI is InChI=1S/C17H19ClN2O3/c1-20(23-3)15(21)16-8-10(9-16)13-14-11(12(18)5-7-19-14)4-6-17(13,16)22-2/h4-7,10,13H,8-9H2,1-3H3/t10?,13-,16?,17-/m0/s1. The largest absolute Gasteiger partial charge is 0.372 e. The van der Waals surface area contributed by atoms with E-state index in [9.17, 15) is 4.79 Å². The molecule has 3 saturated carbocycles. The molecule has 6 heteroatoms. The smallest absolute Gasteiger partial charge is 0.255 e. The van der Waals surface area contributed by atoms with E-state index in [1.165, 1.54) is 12.2 Å². The summed E-state index contributed by atoms with van der Waals surface area (Å²) in [6.07, 6.45) is 7.27. The normalized spacial score (nSPS) is 36.2. The fraction of sp³-hybridized carbons (Fsp3) is 0.529. The fourth-order valence-electron chi connectivity index (χ4n) is 4.93. The number of nitrogens with zero attached hydrogens (tertiary/aromatic N) is 2. The highest BCUT2D eigenvalue weighted by molar-refractivity contribution is 6.32. The minimum absolute atomic E-state index is 0.0317. The third kappa shape index (κ3) is 1.60. The number of carbonyl (C=O) groups excluding carboxylic acids is 1. The van der Waals surface area contributed by atoms with Gasteiger partial charge in [-0.2, -0.15) is 0 Å².